The third-order valence-corrected chi connectivity index (χ3v) is 6.68. The Labute approximate surface area is 189 Å². The molecule has 0 N–H and O–H groups in total. The predicted octanol–water partition coefficient (Wildman–Crippen LogP) is 3.44. The highest BCUT2D eigenvalue weighted by atomic mass is 16.5. The van der Waals surface area contributed by atoms with E-state index >= 15 is 0 Å². The first-order valence-corrected chi connectivity index (χ1v) is 11.9. The molecule has 1 aromatic heterocycles. The second-order valence-electron chi connectivity index (χ2n) is 9.20. The third kappa shape index (κ3) is 5.04. The number of morpholine rings is 1. The van der Waals surface area contributed by atoms with Crippen LogP contribution in [0.3, 0.4) is 0 Å². The number of nitrogens with zero attached hydrogens (tertiary/aromatic N) is 4. The first kappa shape index (κ1) is 21.2. The molecule has 1 unspecified atom stereocenters. The van der Waals surface area contributed by atoms with Crippen LogP contribution in [-0.4, -0.2) is 61.2 Å². The van der Waals surface area contributed by atoms with E-state index in [1.807, 2.05) is 24.4 Å². The standard InChI is InChI=1S/C25H32N4O3/c1-18(16-23(30)20-2-3-20)19-4-6-21(7-5-19)32-22-9-11-29(17-22)24-8-10-26-25(27-24)28-12-14-31-15-13-28/h4-8,10,18,20,22H,2-3,9,11-17H2,1H3/t18-,22?/m1/s1. The van der Waals surface area contributed by atoms with Crippen LogP contribution in [0.25, 0.3) is 0 Å². The molecule has 3 aliphatic rings. The van der Waals surface area contributed by atoms with Crippen molar-refractivity contribution in [3.05, 3.63) is 42.1 Å². The number of Topliss-reactive ketones (excluding diaryl/α,β-unsaturated/α-hetero) is 1. The molecular weight excluding hydrogens is 404 g/mol. The number of anilines is 2. The van der Waals surface area contributed by atoms with Crippen LogP contribution in [0.5, 0.6) is 5.75 Å². The number of carbonyl (C=O) groups excluding carboxylic acids is 1. The Kier molecular flexibility index (Phi) is 6.26. The van der Waals surface area contributed by atoms with Crippen LogP contribution >= 0.6 is 0 Å². The van der Waals surface area contributed by atoms with Gasteiger partial charge in [0.25, 0.3) is 0 Å². The molecule has 2 saturated heterocycles. The van der Waals surface area contributed by atoms with Crippen molar-refractivity contribution < 1.29 is 14.3 Å². The molecule has 3 heterocycles. The zero-order valence-electron chi connectivity index (χ0n) is 18.8. The van der Waals surface area contributed by atoms with Crippen LogP contribution in [0.2, 0.25) is 0 Å². The lowest BCUT2D eigenvalue weighted by Gasteiger charge is -2.27. The summed E-state index contributed by atoms with van der Waals surface area (Å²) in [6.07, 6.45) is 5.76. The van der Waals surface area contributed by atoms with Crippen molar-refractivity contribution in [2.45, 2.75) is 44.6 Å². The summed E-state index contributed by atoms with van der Waals surface area (Å²) in [7, 11) is 0. The summed E-state index contributed by atoms with van der Waals surface area (Å²) in [5, 5.41) is 0. The second kappa shape index (κ2) is 9.45. The van der Waals surface area contributed by atoms with Crippen LogP contribution in [0.4, 0.5) is 11.8 Å². The lowest BCUT2D eigenvalue weighted by atomic mass is 9.94. The van der Waals surface area contributed by atoms with E-state index in [0.717, 1.165) is 76.2 Å². The lowest BCUT2D eigenvalue weighted by Crippen LogP contribution is -2.37. The summed E-state index contributed by atoms with van der Waals surface area (Å²) in [6, 6.07) is 10.3. The van der Waals surface area contributed by atoms with Crippen molar-refractivity contribution in [2.75, 3.05) is 49.2 Å². The molecule has 7 nitrogen and oxygen atoms in total. The quantitative estimate of drug-likeness (QED) is 0.628. The number of hydrogen-bond acceptors (Lipinski definition) is 7. The minimum absolute atomic E-state index is 0.136. The Morgan fingerprint density at radius 3 is 2.62 bits per heavy atom. The summed E-state index contributed by atoms with van der Waals surface area (Å²) >= 11 is 0. The van der Waals surface area contributed by atoms with Gasteiger partial charge in [0.05, 0.1) is 19.8 Å². The van der Waals surface area contributed by atoms with E-state index < -0.39 is 0 Å². The van der Waals surface area contributed by atoms with Crippen molar-refractivity contribution in [1.29, 1.82) is 0 Å². The van der Waals surface area contributed by atoms with E-state index in [2.05, 4.69) is 33.8 Å². The summed E-state index contributed by atoms with van der Waals surface area (Å²) in [5.41, 5.74) is 1.20. The number of hydrogen-bond donors (Lipinski definition) is 0. The third-order valence-electron chi connectivity index (χ3n) is 6.68. The number of benzene rings is 1. The van der Waals surface area contributed by atoms with Gasteiger partial charge in [0.1, 0.15) is 23.5 Å². The van der Waals surface area contributed by atoms with E-state index in [1.54, 1.807) is 0 Å². The first-order chi connectivity index (χ1) is 15.7. The first-order valence-electron chi connectivity index (χ1n) is 11.9. The number of aromatic nitrogens is 2. The van der Waals surface area contributed by atoms with Crippen molar-refractivity contribution in [3.63, 3.8) is 0 Å². The fourth-order valence-electron chi connectivity index (χ4n) is 4.52. The van der Waals surface area contributed by atoms with Gasteiger partial charge in [-0.05, 0) is 42.5 Å². The number of carbonyl (C=O) groups is 1. The largest absolute Gasteiger partial charge is 0.489 e. The van der Waals surface area contributed by atoms with Crippen molar-refractivity contribution in [2.24, 2.45) is 5.92 Å². The maximum Gasteiger partial charge on any atom is 0.227 e. The fraction of sp³-hybridized carbons (Fsp3) is 0.560. The Morgan fingerprint density at radius 1 is 1.09 bits per heavy atom. The topological polar surface area (TPSA) is 67.8 Å². The molecule has 0 amide bonds. The Balaban J connectivity index is 1.15. The Bertz CT molecular complexity index is 925. The molecule has 0 bridgehead atoms. The zero-order chi connectivity index (χ0) is 21.9. The van der Waals surface area contributed by atoms with Gasteiger partial charge in [-0.15, -0.1) is 0 Å². The molecule has 2 atom stereocenters. The number of rotatable bonds is 8. The smallest absolute Gasteiger partial charge is 0.227 e. The van der Waals surface area contributed by atoms with Gasteiger partial charge in [0.15, 0.2) is 0 Å². The highest BCUT2D eigenvalue weighted by molar-refractivity contribution is 5.83. The van der Waals surface area contributed by atoms with E-state index in [4.69, 9.17) is 14.5 Å². The predicted molar refractivity (Wildman–Crippen MR) is 124 cm³/mol. The molecule has 7 heteroatoms. The van der Waals surface area contributed by atoms with E-state index in [1.165, 1.54) is 5.56 Å². The zero-order valence-corrected chi connectivity index (χ0v) is 18.8. The maximum atomic E-state index is 12.1. The molecule has 0 radical (unpaired) electrons. The highest BCUT2D eigenvalue weighted by Crippen LogP contribution is 2.34. The molecule has 1 aliphatic carbocycles. The molecule has 32 heavy (non-hydrogen) atoms. The van der Waals surface area contributed by atoms with Crippen molar-refractivity contribution in [3.8, 4) is 5.75 Å². The molecule has 2 aliphatic heterocycles. The monoisotopic (exact) mass is 436 g/mol. The van der Waals surface area contributed by atoms with Crippen LogP contribution in [-0.2, 0) is 9.53 Å². The normalized spacial score (nSPS) is 22.1. The number of ketones is 1. The lowest BCUT2D eigenvalue weighted by molar-refractivity contribution is -0.120. The summed E-state index contributed by atoms with van der Waals surface area (Å²) in [4.78, 5) is 25.8. The fourth-order valence-corrected chi connectivity index (χ4v) is 4.52. The van der Waals surface area contributed by atoms with Gasteiger partial charge in [-0.3, -0.25) is 4.79 Å². The molecule has 3 fully saturated rings. The minimum atomic E-state index is 0.136. The maximum absolute atomic E-state index is 12.1. The van der Waals surface area contributed by atoms with Gasteiger partial charge in [0, 0.05) is 44.6 Å². The summed E-state index contributed by atoms with van der Waals surface area (Å²) < 4.78 is 11.7. The molecule has 2 aromatic rings. The van der Waals surface area contributed by atoms with Gasteiger partial charge in [-0.2, -0.15) is 4.98 Å². The Morgan fingerprint density at radius 2 is 1.88 bits per heavy atom. The van der Waals surface area contributed by atoms with Crippen LogP contribution in [0.15, 0.2) is 36.5 Å². The minimum Gasteiger partial charge on any atom is -0.489 e. The van der Waals surface area contributed by atoms with E-state index in [9.17, 15) is 4.79 Å². The Hall–Kier alpha value is -2.67. The summed E-state index contributed by atoms with van der Waals surface area (Å²) in [6.45, 7) is 6.98. The van der Waals surface area contributed by atoms with Crippen molar-refractivity contribution >= 4 is 17.5 Å². The van der Waals surface area contributed by atoms with Gasteiger partial charge in [-0.1, -0.05) is 19.1 Å². The van der Waals surface area contributed by atoms with Crippen LogP contribution in [0, 0.1) is 5.92 Å². The van der Waals surface area contributed by atoms with Gasteiger partial charge in [0.2, 0.25) is 5.95 Å². The van der Waals surface area contributed by atoms with Gasteiger partial charge < -0.3 is 19.3 Å². The van der Waals surface area contributed by atoms with Crippen LogP contribution in [0.1, 0.15) is 44.1 Å². The van der Waals surface area contributed by atoms with E-state index in [0.29, 0.717) is 18.1 Å². The molecule has 1 aromatic carbocycles. The molecule has 1 saturated carbocycles. The van der Waals surface area contributed by atoms with Crippen LogP contribution < -0.4 is 14.5 Å². The molecule has 170 valence electrons. The summed E-state index contributed by atoms with van der Waals surface area (Å²) in [5.74, 6) is 3.64. The average molecular weight is 437 g/mol. The molecule has 0 spiro atoms. The number of ether oxygens (including phenoxy) is 2. The molecule has 5 rings (SSSR count). The van der Waals surface area contributed by atoms with Gasteiger partial charge >= 0.3 is 0 Å². The second-order valence-corrected chi connectivity index (χ2v) is 9.20. The van der Waals surface area contributed by atoms with Gasteiger partial charge in [-0.25, -0.2) is 4.98 Å². The average Bonchev–Trinajstić information content (AvgIpc) is 3.59. The highest BCUT2D eigenvalue weighted by Gasteiger charge is 2.30. The van der Waals surface area contributed by atoms with E-state index in [-0.39, 0.29) is 12.0 Å². The molecular formula is C25H32N4O3. The SMILES string of the molecule is C[C@H](CC(=O)C1CC1)c1ccc(OC2CCN(c3ccnc(N4CCOCC4)n3)C2)cc1. The van der Waals surface area contributed by atoms with Crippen molar-refractivity contribution in [1.82, 2.24) is 9.97 Å².